The standard InChI is InChI=1S/C26H15F3N4O/c27-26(28,29)18-12-10-17(11-13-18)24-31-32-25(34-24)19-14-15-33-21-9-5-4-8-20(21)30-23(33)22(19)16-6-2-1-3-7-16/h1-15H. The summed E-state index contributed by atoms with van der Waals surface area (Å²) in [6, 6.07) is 24.1. The molecule has 166 valence electrons. The summed E-state index contributed by atoms with van der Waals surface area (Å²) >= 11 is 0. The van der Waals surface area contributed by atoms with Gasteiger partial charge in [0, 0.05) is 17.3 Å². The van der Waals surface area contributed by atoms with E-state index in [2.05, 4.69) is 10.2 Å². The number of imidazole rings is 1. The SMILES string of the molecule is FC(F)(F)c1ccc(-c2nnc(-c3ccn4c(nc5ccccc54)c3-c3ccccc3)o2)cc1. The number of alkyl halides is 3. The van der Waals surface area contributed by atoms with E-state index in [0.717, 1.165) is 39.9 Å². The lowest BCUT2D eigenvalue weighted by atomic mass is 10.0. The number of aromatic nitrogens is 4. The van der Waals surface area contributed by atoms with Gasteiger partial charge in [0.2, 0.25) is 11.8 Å². The molecule has 3 aromatic carbocycles. The second kappa shape index (κ2) is 7.55. The Morgan fingerprint density at radius 3 is 2.18 bits per heavy atom. The van der Waals surface area contributed by atoms with Gasteiger partial charge in [0.1, 0.15) is 5.65 Å². The monoisotopic (exact) mass is 456 g/mol. The number of nitrogens with zero attached hydrogens (tertiary/aromatic N) is 4. The van der Waals surface area contributed by atoms with Crippen LogP contribution in [0.2, 0.25) is 0 Å². The van der Waals surface area contributed by atoms with E-state index in [1.54, 1.807) is 0 Å². The van der Waals surface area contributed by atoms with Gasteiger partial charge in [-0.15, -0.1) is 10.2 Å². The number of halogens is 3. The molecule has 5 nitrogen and oxygen atoms in total. The van der Waals surface area contributed by atoms with Crippen LogP contribution in [0.3, 0.4) is 0 Å². The van der Waals surface area contributed by atoms with Crippen molar-refractivity contribution >= 4 is 16.7 Å². The number of benzene rings is 3. The molecular formula is C26H15F3N4O. The normalized spacial score (nSPS) is 12.0. The predicted molar refractivity (Wildman–Crippen MR) is 122 cm³/mol. The van der Waals surface area contributed by atoms with Crippen LogP contribution in [-0.4, -0.2) is 19.6 Å². The summed E-state index contributed by atoms with van der Waals surface area (Å²) in [4.78, 5) is 4.84. The maximum absolute atomic E-state index is 12.9. The molecule has 3 heterocycles. The summed E-state index contributed by atoms with van der Waals surface area (Å²) in [7, 11) is 0. The van der Waals surface area contributed by atoms with Gasteiger partial charge < -0.3 is 4.42 Å². The van der Waals surface area contributed by atoms with Crippen LogP contribution in [0.5, 0.6) is 0 Å². The van der Waals surface area contributed by atoms with Crippen molar-refractivity contribution in [1.82, 2.24) is 19.6 Å². The highest BCUT2D eigenvalue weighted by Gasteiger charge is 2.30. The average molecular weight is 456 g/mol. The molecule has 6 aromatic rings. The first-order chi connectivity index (χ1) is 16.5. The van der Waals surface area contributed by atoms with Crippen molar-refractivity contribution in [1.29, 1.82) is 0 Å². The Morgan fingerprint density at radius 2 is 1.41 bits per heavy atom. The zero-order chi connectivity index (χ0) is 23.3. The van der Waals surface area contributed by atoms with Crippen LogP contribution >= 0.6 is 0 Å². The van der Waals surface area contributed by atoms with Crippen molar-refractivity contribution in [3.8, 4) is 34.0 Å². The number of pyridine rings is 1. The fraction of sp³-hybridized carbons (Fsp3) is 0.0385. The molecule has 0 fully saturated rings. The molecule has 8 heteroatoms. The third-order valence-corrected chi connectivity index (χ3v) is 5.66. The predicted octanol–water partition coefficient (Wildman–Crippen LogP) is 6.89. The molecule has 0 amide bonds. The third-order valence-electron chi connectivity index (χ3n) is 5.66. The van der Waals surface area contributed by atoms with Crippen molar-refractivity contribution < 1.29 is 17.6 Å². The molecule has 0 spiro atoms. The second-order valence-corrected chi connectivity index (χ2v) is 7.75. The Kier molecular flexibility index (Phi) is 4.48. The van der Waals surface area contributed by atoms with Crippen LogP contribution in [-0.2, 0) is 6.18 Å². The van der Waals surface area contributed by atoms with Gasteiger partial charge in [0.25, 0.3) is 0 Å². The van der Waals surface area contributed by atoms with E-state index >= 15 is 0 Å². The molecule has 0 radical (unpaired) electrons. The molecule has 0 N–H and O–H groups in total. The molecule has 0 bridgehead atoms. The molecule has 0 aliphatic heterocycles. The van der Waals surface area contributed by atoms with Crippen LogP contribution in [0.4, 0.5) is 13.2 Å². The van der Waals surface area contributed by atoms with Crippen LogP contribution < -0.4 is 0 Å². The van der Waals surface area contributed by atoms with Crippen molar-refractivity contribution in [2.75, 3.05) is 0 Å². The minimum Gasteiger partial charge on any atom is -0.416 e. The fourth-order valence-corrected chi connectivity index (χ4v) is 4.04. The number of fused-ring (bicyclic) bond motifs is 3. The largest absolute Gasteiger partial charge is 0.416 e. The van der Waals surface area contributed by atoms with Gasteiger partial charge in [0.05, 0.1) is 22.2 Å². The van der Waals surface area contributed by atoms with Gasteiger partial charge in [-0.1, -0.05) is 42.5 Å². The zero-order valence-corrected chi connectivity index (χ0v) is 17.5. The van der Waals surface area contributed by atoms with E-state index in [0.29, 0.717) is 11.1 Å². The van der Waals surface area contributed by atoms with Gasteiger partial charge >= 0.3 is 6.18 Å². The van der Waals surface area contributed by atoms with Gasteiger partial charge in [-0.3, -0.25) is 4.40 Å². The molecule has 0 unspecified atom stereocenters. The Labute approximate surface area is 191 Å². The summed E-state index contributed by atoms with van der Waals surface area (Å²) in [6.07, 6.45) is -2.51. The van der Waals surface area contributed by atoms with E-state index in [1.807, 2.05) is 71.3 Å². The minimum atomic E-state index is -4.41. The van der Waals surface area contributed by atoms with Crippen LogP contribution in [0.25, 0.3) is 50.7 Å². The zero-order valence-electron chi connectivity index (χ0n) is 17.5. The van der Waals surface area contributed by atoms with E-state index < -0.39 is 11.7 Å². The van der Waals surface area contributed by atoms with Crippen molar-refractivity contribution in [3.63, 3.8) is 0 Å². The van der Waals surface area contributed by atoms with Crippen LogP contribution in [0.1, 0.15) is 5.56 Å². The smallest absolute Gasteiger partial charge is 0.416 e. The first kappa shape index (κ1) is 20.2. The molecule has 0 aliphatic carbocycles. The second-order valence-electron chi connectivity index (χ2n) is 7.75. The number of hydrogen-bond donors (Lipinski definition) is 0. The number of hydrogen-bond acceptors (Lipinski definition) is 4. The van der Waals surface area contributed by atoms with Gasteiger partial charge in [0.15, 0.2) is 0 Å². The first-order valence-corrected chi connectivity index (χ1v) is 10.5. The summed E-state index contributed by atoms with van der Waals surface area (Å²) in [5.74, 6) is 0.388. The van der Waals surface area contributed by atoms with E-state index in [-0.39, 0.29) is 11.8 Å². The highest BCUT2D eigenvalue weighted by Crippen LogP contribution is 2.37. The summed E-state index contributed by atoms with van der Waals surface area (Å²) in [5.41, 5.74) is 4.65. The highest BCUT2D eigenvalue weighted by molar-refractivity contribution is 5.94. The number of para-hydroxylation sites is 2. The maximum atomic E-state index is 12.9. The van der Waals surface area contributed by atoms with E-state index in [9.17, 15) is 13.2 Å². The Bertz CT molecular complexity index is 1630. The fourth-order valence-electron chi connectivity index (χ4n) is 4.04. The van der Waals surface area contributed by atoms with Crippen molar-refractivity contribution in [2.45, 2.75) is 6.18 Å². The summed E-state index contributed by atoms with van der Waals surface area (Å²) in [5, 5.41) is 8.29. The average Bonchev–Trinajstić information content (AvgIpc) is 3.49. The van der Waals surface area contributed by atoms with Gasteiger partial charge in [-0.25, -0.2) is 4.98 Å². The van der Waals surface area contributed by atoms with Crippen molar-refractivity contribution in [3.05, 3.63) is 96.7 Å². The van der Waals surface area contributed by atoms with Crippen LogP contribution in [0, 0.1) is 0 Å². The molecule has 3 aromatic heterocycles. The first-order valence-electron chi connectivity index (χ1n) is 10.5. The maximum Gasteiger partial charge on any atom is 0.416 e. The summed E-state index contributed by atoms with van der Waals surface area (Å²) in [6.45, 7) is 0. The lowest BCUT2D eigenvalue weighted by Crippen LogP contribution is -2.03. The molecule has 0 atom stereocenters. The topological polar surface area (TPSA) is 56.2 Å². The van der Waals surface area contributed by atoms with Gasteiger partial charge in [-0.2, -0.15) is 13.2 Å². The Balaban J connectivity index is 1.52. The van der Waals surface area contributed by atoms with Crippen molar-refractivity contribution in [2.24, 2.45) is 0 Å². The van der Waals surface area contributed by atoms with E-state index in [1.165, 1.54) is 12.1 Å². The van der Waals surface area contributed by atoms with E-state index in [4.69, 9.17) is 9.40 Å². The lowest BCUT2D eigenvalue weighted by molar-refractivity contribution is -0.137. The number of rotatable bonds is 3. The third kappa shape index (κ3) is 3.31. The minimum absolute atomic E-state index is 0.135. The molecule has 6 rings (SSSR count). The lowest BCUT2D eigenvalue weighted by Gasteiger charge is -2.09. The van der Waals surface area contributed by atoms with Crippen LogP contribution in [0.15, 0.2) is 95.5 Å². The highest BCUT2D eigenvalue weighted by atomic mass is 19.4. The quantitative estimate of drug-likeness (QED) is 0.291. The molecule has 34 heavy (non-hydrogen) atoms. The molecular weight excluding hydrogens is 441 g/mol. The van der Waals surface area contributed by atoms with Gasteiger partial charge in [-0.05, 0) is 48.0 Å². The Morgan fingerprint density at radius 1 is 0.706 bits per heavy atom. The molecule has 0 saturated heterocycles. The molecule has 0 saturated carbocycles. The molecule has 0 aliphatic rings. The Hall–Kier alpha value is -4.46. The summed E-state index contributed by atoms with van der Waals surface area (Å²) < 4.78 is 46.6.